The van der Waals surface area contributed by atoms with Crippen LogP contribution in [0.2, 0.25) is 5.02 Å². The van der Waals surface area contributed by atoms with Crippen LogP contribution < -0.4 is 16.2 Å². The summed E-state index contributed by atoms with van der Waals surface area (Å²) in [5, 5.41) is 10.4. The quantitative estimate of drug-likeness (QED) is 0.192. The number of hydrogen-bond donors (Lipinski definition) is 3. The van der Waals surface area contributed by atoms with Crippen LogP contribution >= 0.6 is 11.6 Å². The lowest BCUT2D eigenvalue weighted by Crippen LogP contribution is -2.48. The average molecular weight is 576 g/mol. The summed E-state index contributed by atoms with van der Waals surface area (Å²) in [7, 11) is 0. The van der Waals surface area contributed by atoms with Gasteiger partial charge in [0.2, 0.25) is 0 Å². The second-order valence-corrected chi connectivity index (χ2v) is 10.1. The first-order valence-corrected chi connectivity index (χ1v) is 13.8. The van der Waals surface area contributed by atoms with E-state index in [9.17, 15) is 14.8 Å². The van der Waals surface area contributed by atoms with E-state index in [4.69, 9.17) is 27.8 Å². The van der Waals surface area contributed by atoms with Gasteiger partial charge in [0.15, 0.2) is 0 Å². The van der Waals surface area contributed by atoms with E-state index in [-0.39, 0.29) is 24.6 Å². The topological polar surface area (TPSA) is 125 Å². The number of ether oxygens (including phenoxy) is 1. The summed E-state index contributed by atoms with van der Waals surface area (Å²) in [6.45, 7) is 4.67. The lowest BCUT2D eigenvalue weighted by molar-refractivity contribution is -0.0372. The Morgan fingerprint density at radius 3 is 2.32 bits per heavy atom. The summed E-state index contributed by atoms with van der Waals surface area (Å²) in [6, 6.07) is 22.8. The Hall–Kier alpha value is -4.07. The van der Waals surface area contributed by atoms with E-state index in [1.807, 2.05) is 18.2 Å². The Balaban J connectivity index is 1.31. The molecule has 0 saturated carbocycles. The highest BCUT2D eigenvalue weighted by molar-refractivity contribution is 6.30. The second kappa shape index (κ2) is 14.5. The Bertz CT molecular complexity index is 1380. The lowest BCUT2D eigenvalue weighted by atomic mass is 9.96. The molecular formula is C31H34ClN5O4. The molecular weight excluding hydrogens is 542 g/mol. The largest absolute Gasteiger partial charge is 0.491 e. The number of piperazine rings is 1. The van der Waals surface area contributed by atoms with Crippen LogP contribution in [-0.2, 0) is 0 Å². The fourth-order valence-electron chi connectivity index (χ4n) is 4.79. The molecule has 3 amide bonds. The normalized spacial score (nSPS) is 14.5. The van der Waals surface area contributed by atoms with Crippen LogP contribution in [0.4, 0.5) is 4.79 Å². The van der Waals surface area contributed by atoms with E-state index < -0.39 is 11.9 Å². The Kier molecular flexibility index (Phi) is 10.6. The molecule has 10 heteroatoms. The number of amides is 3. The van der Waals surface area contributed by atoms with Crippen LogP contribution in [0.1, 0.15) is 39.5 Å². The number of rotatable bonds is 10. The highest BCUT2D eigenvalue weighted by Crippen LogP contribution is 2.30. The van der Waals surface area contributed by atoms with Gasteiger partial charge in [-0.05, 0) is 41.5 Å². The summed E-state index contributed by atoms with van der Waals surface area (Å²) in [4.78, 5) is 27.7. The molecule has 1 saturated heterocycles. The van der Waals surface area contributed by atoms with Gasteiger partial charge < -0.3 is 16.2 Å². The van der Waals surface area contributed by atoms with Gasteiger partial charge in [-0.3, -0.25) is 19.8 Å². The molecule has 9 nitrogen and oxygen atoms in total. The molecule has 0 aliphatic carbocycles. The maximum absolute atomic E-state index is 12.1. The molecule has 214 valence electrons. The Morgan fingerprint density at radius 1 is 0.976 bits per heavy atom. The molecule has 3 aromatic carbocycles. The molecule has 0 aromatic heterocycles. The molecule has 41 heavy (non-hydrogen) atoms. The minimum atomic E-state index is -0.944. The van der Waals surface area contributed by atoms with Gasteiger partial charge in [0.25, 0.3) is 5.91 Å². The van der Waals surface area contributed by atoms with Gasteiger partial charge in [-0.1, -0.05) is 65.9 Å². The zero-order chi connectivity index (χ0) is 29.2. The fourth-order valence-corrected chi connectivity index (χ4v) is 4.91. The number of carbonyl (C=O) groups excluding carboxylic acids is 2. The number of primary amides is 2. The van der Waals surface area contributed by atoms with Crippen LogP contribution in [0.3, 0.4) is 0 Å². The summed E-state index contributed by atoms with van der Waals surface area (Å²) >= 11 is 6.15. The van der Waals surface area contributed by atoms with Crippen molar-refractivity contribution >= 4 is 23.5 Å². The average Bonchev–Trinajstić information content (AvgIpc) is 2.98. The predicted octanol–water partition coefficient (Wildman–Crippen LogP) is 3.74. The number of carbonyl (C=O) groups is 2. The van der Waals surface area contributed by atoms with Gasteiger partial charge in [-0.25, -0.2) is 9.86 Å². The molecule has 5 N–H and O–H groups in total. The van der Waals surface area contributed by atoms with Crippen molar-refractivity contribution in [1.29, 1.82) is 0 Å². The van der Waals surface area contributed by atoms with Crippen molar-refractivity contribution in [2.45, 2.75) is 12.5 Å². The highest BCUT2D eigenvalue weighted by atomic mass is 35.5. The third-order valence-corrected chi connectivity index (χ3v) is 7.17. The number of benzene rings is 3. The first-order chi connectivity index (χ1) is 19.8. The minimum Gasteiger partial charge on any atom is -0.491 e. The van der Waals surface area contributed by atoms with Gasteiger partial charge in [0.1, 0.15) is 12.4 Å². The van der Waals surface area contributed by atoms with Crippen molar-refractivity contribution in [3.8, 4) is 17.6 Å². The molecule has 0 spiro atoms. The van der Waals surface area contributed by atoms with Crippen LogP contribution in [0, 0.1) is 11.8 Å². The molecule has 1 fully saturated rings. The fraction of sp³-hybridized carbons (Fsp3) is 0.290. The SMILES string of the molecule is NC(=O)c1cc(C#CCCN(O)C(N)=O)ccc1OCCN1CCN(C(c2ccccc2)c2ccc(Cl)cc2)CC1. The van der Waals surface area contributed by atoms with E-state index in [0.29, 0.717) is 29.5 Å². The Labute approximate surface area is 245 Å². The summed E-state index contributed by atoms with van der Waals surface area (Å²) in [5.41, 5.74) is 13.8. The molecule has 1 aliphatic heterocycles. The number of halogens is 1. The first kappa shape index (κ1) is 29.9. The summed E-state index contributed by atoms with van der Waals surface area (Å²) in [6.07, 6.45) is 0.211. The number of urea groups is 1. The maximum atomic E-state index is 12.1. The van der Waals surface area contributed by atoms with Crippen LogP contribution in [0.15, 0.2) is 72.8 Å². The van der Waals surface area contributed by atoms with Crippen molar-refractivity contribution < 1.29 is 19.5 Å². The molecule has 1 heterocycles. The van der Waals surface area contributed by atoms with Gasteiger partial charge in [-0.15, -0.1) is 0 Å². The molecule has 1 aliphatic rings. The maximum Gasteiger partial charge on any atom is 0.338 e. The van der Waals surface area contributed by atoms with Crippen LogP contribution in [-0.4, -0.2) is 77.9 Å². The van der Waals surface area contributed by atoms with Gasteiger partial charge in [-0.2, -0.15) is 0 Å². The smallest absolute Gasteiger partial charge is 0.338 e. The van der Waals surface area contributed by atoms with Crippen LogP contribution in [0.25, 0.3) is 0 Å². The third kappa shape index (κ3) is 8.46. The predicted molar refractivity (Wildman–Crippen MR) is 158 cm³/mol. The molecule has 4 rings (SSSR count). The zero-order valence-electron chi connectivity index (χ0n) is 22.7. The van der Waals surface area contributed by atoms with Crippen molar-refractivity contribution in [2.75, 3.05) is 45.9 Å². The Morgan fingerprint density at radius 2 is 1.66 bits per heavy atom. The van der Waals surface area contributed by atoms with E-state index >= 15 is 0 Å². The van der Waals surface area contributed by atoms with E-state index in [2.05, 4.69) is 58.0 Å². The summed E-state index contributed by atoms with van der Waals surface area (Å²) < 4.78 is 5.96. The summed E-state index contributed by atoms with van der Waals surface area (Å²) in [5.74, 6) is 5.51. The minimum absolute atomic E-state index is 0.0193. The lowest BCUT2D eigenvalue weighted by Gasteiger charge is -2.39. The number of hydroxylamine groups is 2. The van der Waals surface area contributed by atoms with Crippen LogP contribution in [0.5, 0.6) is 5.75 Å². The first-order valence-electron chi connectivity index (χ1n) is 13.4. The third-order valence-electron chi connectivity index (χ3n) is 6.92. The molecule has 1 atom stereocenters. The number of nitrogens with zero attached hydrogens (tertiary/aromatic N) is 3. The molecule has 0 radical (unpaired) electrons. The number of nitrogens with two attached hydrogens (primary N) is 2. The van der Waals surface area contributed by atoms with Crippen molar-refractivity contribution in [1.82, 2.24) is 14.9 Å². The molecule has 1 unspecified atom stereocenters. The highest BCUT2D eigenvalue weighted by Gasteiger charge is 2.26. The number of hydrogen-bond acceptors (Lipinski definition) is 6. The standard InChI is InChI=1S/C31H34ClN5O4/c32-26-12-10-25(11-13-26)29(24-7-2-1-3-8-24)36-18-16-35(17-19-36)20-21-41-28-14-9-23(22-27(28)30(33)38)6-4-5-15-37(40)31(34)39/h1-3,7-14,22,29,40H,5,15-21H2,(H2,33,38)(H2,34,39). The van der Waals surface area contributed by atoms with Gasteiger partial charge in [0.05, 0.1) is 18.2 Å². The van der Waals surface area contributed by atoms with E-state index in [1.165, 1.54) is 11.1 Å². The van der Waals surface area contributed by atoms with E-state index in [1.54, 1.807) is 18.2 Å². The van der Waals surface area contributed by atoms with Crippen molar-refractivity contribution in [3.05, 3.63) is 100 Å². The monoisotopic (exact) mass is 575 g/mol. The van der Waals surface area contributed by atoms with Crippen molar-refractivity contribution in [3.63, 3.8) is 0 Å². The van der Waals surface area contributed by atoms with Gasteiger partial charge >= 0.3 is 6.03 Å². The van der Waals surface area contributed by atoms with Gasteiger partial charge in [0, 0.05) is 49.7 Å². The molecule has 0 bridgehead atoms. The van der Waals surface area contributed by atoms with Crippen molar-refractivity contribution in [2.24, 2.45) is 11.5 Å². The zero-order valence-corrected chi connectivity index (χ0v) is 23.5. The van der Waals surface area contributed by atoms with E-state index in [0.717, 1.165) is 31.2 Å². The molecule has 3 aromatic rings. The second-order valence-electron chi connectivity index (χ2n) is 9.68.